The zero-order valence-corrected chi connectivity index (χ0v) is 12.1. The van der Waals surface area contributed by atoms with Gasteiger partial charge in [-0.3, -0.25) is 0 Å². The molecule has 0 heterocycles. The number of nitrogens with one attached hydrogen (secondary N) is 1. The molecule has 1 saturated carbocycles. The molecule has 0 spiro atoms. The maximum atomic E-state index is 5.98. The summed E-state index contributed by atoms with van der Waals surface area (Å²) >= 11 is 5.98. The topological polar surface area (TPSA) is 12.0 Å². The molecule has 0 aromatic heterocycles. The first-order valence-corrected chi connectivity index (χ1v) is 7.55. The van der Waals surface area contributed by atoms with E-state index < -0.39 is 0 Å². The maximum absolute atomic E-state index is 5.98. The van der Waals surface area contributed by atoms with Crippen LogP contribution in [0.25, 0.3) is 0 Å². The van der Waals surface area contributed by atoms with E-state index in [4.69, 9.17) is 11.6 Å². The molecule has 0 amide bonds. The molecular weight excluding hydrogens is 242 g/mol. The summed E-state index contributed by atoms with van der Waals surface area (Å²) in [6.07, 6.45) is 9.45. The quantitative estimate of drug-likeness (QED) is 0.714. The van der Waals surface area contributed by atoms with Gasteiger partial charge in [-0.1, -0.05) is 43.0 Å². The Morgan fingerprint density at radius 1 is 1.11 bits per heavy atom. The molecule has 2 heteroatoms. The summed E-state index contributed by atoms with van der Waals surface area (Å²) in [5, 5.41) is 4.07. The highest BCUT2D eigenvalue weighted by atomic mass is 35.5. The summed E-state index contributed by atoms with van der Waals surface area (Å²) < 4.78 is 0. The van der Waals surface area contributed by atoms with Gasteiger partial charge in [-0.25, -0.2) is 0 Å². The fraction of sp³-hybridized carbons (Fsp3) is 0.625. The second-order valence-corrected chi connectivity index (χ2v) is 5.99. The van der Waals surface area contributed by atoms with Crippen molar-refractivity contribution < 1.29 is 0 Å². The van der Waals surface area contributed by atoms with Crippen LogP contribution in [0.5, 0.6) is 0 Å². The Labute approximate surface area is 116 Å². The van der Waals surface area contributed by atoms with Crippen molar-refractivity contribution in [2.75, 3.05) is 13.6 Å². The van der Waals surface area contributed by atoms with Crippen LogP contribution >= 0.6 is 11.6 Å². The molecule has 0 radical (unpaired) electrons. The van der Waals surface area contributed by atoms with E-state index in [-0.39, 0.29) is 0 Å². The predicted molar refractivity (Wildman–Crippen MR) is 79.4 cm³/mol. The van der Waals surface area contributed by atoms with Crippen LogP contribution in [0.2, 0.25) is 5.02 Å². The van der Waals surface area contributed by atoms with Gasteiger partial charge in [0.2, 0.25) is 0 Å². The molecule has 0 unspecified atom stereocenters. The van der Waals surface area contributed by atoms with Crippen LogP contribution in [-0.4, -0.2) is 13.6 Å². The molecule has 1 aromatic carbocycles. The van der Waals surface area contributed by atoms with Gasteiger partial charge in [0, 0.05) is 5.02 Å². The molecule has 1 fully saturated rings. The molecule has 0 saturated heterocycles. The van der Waals surface area contributed by atoms with Crippen LogP contribution in [-0.2, 0) is 5.41 Å². The van der Waals surface area contributed by atoms with E-state index in [0.29, 0.717) is 5.41 Å². The average molecular weight is 266 g/mol. The Hall–Kier alpha value is -0.530. The fourth-order valence-corrected chi connectivity index (χ4v) is 3.16. The van der Waals surface area contributed by atoms with Crippen LogP contribution in [0.3, 0.4) is 0 Å². The van der Waals surface area contributed by atoms with Gasteiger partial charge in [-0.2, -0.15) is 0 Å². The lowest BCUT2D eigenvalue weighted by Gasteiger charge is -2.43. The Bertz CT molecular complexity index is 354. The number of benzene rings is 1. The van der Waals surface area contributed by atoms with Gasteiger partial charge in [0.25, 0.3) is 0 Å². The van der Waals surface area contributed by atoms with Crippen molar-refractivity contribution in [2.45, 2.75) is 50.4 Å². The summed E-state index contributed by atoms with van der Waals surface area (Å²) in [6.45, 7) is 1.15. The van der Waals surface area contributed by atoms with Crippen molar-refractivity contribution >= 4 is 11.6 Å². The third kappa shape index (κ3) is 3.27. The molecule has 2 rings (SSSR count). The zero-order chi connectivity index (χ0) is 12.8. The zero-order valence-electron chi connectivity index (χ0n) is 11.3. The van der Waals surface area contributed by atoms with Gasteiger partial charge in [0.05, 0.1) is 0 Å². The van der Waals surface area contributed by atoms with E-state index in [2.05, 4.69) is 17.4 Å². The van der Waals surface area contributed by atoms with Crippen molar-refractivity contribution in [2.24, 2.45) is 0 Å². The van der Waals surface area contributed by atoms with Gasteiger partial charge in [0.1, 0.15) is 0 Å². The van der Waals surface area contributed by atoms with Gasteiger partial charge < -0.3 is 5.32 Å². The normalized spacial score (nSPS) is 17.4. The largest absolute Gasteiger partial charge is 0.320 e. The number of halogens is 1. The predicted octanol–water partition coefficient (Wildman–Crippen LogP) is 4.54. The highest BCUT2D eigenvalue weighted by molar-refractivity contribution is 6.30. The van der Waals surface area contributed by atoms with E-state index in [9.17, 15) is 0 Å². The molecule has 1 aliphatic rings. The minimum absolute atomic E-state index is 0.476. The van der Waals surface area contributed by atoms with Crippen LogP contribution in [0, 0.1) is 0 Å². The Morgan fingerprint density at radius 3 is 2.39 bits per heavy atom. The average Bonchev–Trinajstić information content (AvgIpc) is 2.33. The summed E-state index contributed by atoms with van der Waals surface area (Å²) in [7, 11) is 2.03. The first-order chi connectivity index (χ1) is 8.77. The fourth-order valence-electron chi connectivity index (χ4n) is 3.03. The molecule has 18 heavy (non-hydrogen) atoms. The molecule has 1 aliphatic carbocycles. The lowest BCUT2D eigenvalue weighted by atomic mass is 9.62. The minimum Gasteiger partial charge on any atom is -0.320 e. The molecule has 1 N–H and O–H groups in total. The Morgan fingerprint density at radius 2 is 1.83 bits per heavy atom. The van der Waals surface area contributed by atoms with E-state index >= 15 is 0 Å². The highest BCUT2D eigenvalue weighted by Gasteiger charge is 2.37. The lowest BCUT2D eigenvalue weighted by molar-refractivity contribution is 0.218. The molecule has 1 nitrogen and oxygen atoms in total. The number of hydrogen-bond acceptors (Lipinski definition) is 1. The van der Waals surface area contributed by atoms with E-state index in [1.807, 2.05) is 19.2 Å². The van der Waals surface area contributed by atoms with Crippen molar-refractivity contribution in [1.82, 2.24) is 5.32 Å². The summed E-state index contributed by atoms with van der Waals surface area (Å²) in [5.41, 5.74) is 1.98. The van der Waals surface area contributed by atoms with Crippen molar-refractivity contribution in [3.8, 4) is 0 Å². The van der Waals surface area contributed by atoms with E-state index in [1.165, 1.54) is 50.5 Å². The standard InChI is InChI=1S/C16H24ClN/c1-18-13-4-2-3-10-16(11-5-12-16)14-6-8-15(17)9-7-14/h6-9,18H,2-5,10-13H2,1H3. The van der Waals surface area contributed by atoms with Crippen molar-refractivity contribution in [3.63, 3.8) is 0 Å². The highest BCUT2D eigenvalue weighted by Crippen LogP contribution is 2.47. The molecule has 0 bridgehead atoms. The van der Waals surface area contributed by atoms with Gasteiger partial charge in [0.15, 0.2) is 0 Å². The first kappa shape index (κ1) is 13.9. The Kier molecular flexibility index (Phi) is 5.08. The van der Waals surface area contributed by atoms with Crippen molar-refractivity contribution in [3.05, 3.63) is 34.9 Å². The van der Waals surface area contributed by atoms with Gasteiger partial charge in [-0.05, 0) is 62.4 Å². The summed E-state index contributed by atoms with van der Waals surface area (Å²) in [5.74, 6) is 0. The van der Waals surface area contributed by atoms with Crippen molar-refractivity contribution in [1.29, 1.82) is 0 Å². The molecule has 0 atom stereocenters. The number of rotatable bonds is 7. The van der Waals surface area contributed by atoms with Crippen LogP contribution < -0.4 is 5.32 Å². The summed E-state index contributed by atoms with van der Waals surface area (Å²) in [4.78, 5) is 0. The summed E-state index contributed by atoms with van der Waals surface area (Å²) in [6, 6.07) is 8.54. The second kappa shape index (κ2) is 6.58. The van der Waals surface area contributed by atoms with Crippen LogP contribution in [0.4, 0.5) is 0 Å². The third-order valence-electron chi connectivity index (χ3n) is 4.35. The smallest absolute Gasteiger partial charge is 0.0406 e. The van der Waals surface area contributed by atoms with E-state index in [0.717, 1.165) is 11.6 Å². The number of unbranched alkanes of at least 4 members (excludes halogenated alkanes) is 2. The molecule has 1 aromatic rings. The third-order valence-corrected chi connectivity index (χ3v) is 4.60. The minimum atomic E-state index is 0.476. The Balaban J connectivity index is 1.88. The van der Waals surface area contributed by atoms with Crippen LogP contribution in [0.15, 0.2) is 24.3 Å². The monoisotopic (exact) mass is 265 g/mol. The molecular formula is C16H24ClN. The number of hydrogen-bond donors (Lipinski definition) is 1. The molecule has 0 aliphatic heterocycles. The lowest BCUT2D eigenvalue weighted by Crippen LogP contribution is -2.34. The SMILES string of the molecule is CNCCCCCC1(c2ccc(Cl)cc2)CCC1. The maximum Gasteiger partial charge on any atom is 0.0406 e. The molecule has 100 valence electrons. The van der Waals surface area contributed by atoms with Gasteiger partial charge in [-0.15, -0.1) is 0 Å². The van der Waals surface area contributed by atoms with Gasteiger partial charge >= 0.3 is 0 Å². The first-order valence-electron chi connectivity index (χ1n) is 7.17. The van der Waals surface area contributed by atoms with E-state index in [1.54, 1.807) is 0 Å². The van der Waals surface area contributed by atoms with Crippen LogP contribution in [0.1, 0.15) is 50.5 Å². The second-order valence-electron chi connectivity index (χ2n) is 5.55.